The lowest BCUT2D eigenvalue weighted by molar-refractivity contribution is 0.0139. The number of hydrogen-bond donors (Lipinski definition) is 1. The molecule has 2 fully saturated rings. The lowest BCUT2D eigenvalue weighted by Gasteiger charge is -2.26. The van der Waals surface area contributed by atoms with Crippen LogP contribution < -0.4 is 5.32 Å². The second-order valence-electron chi connectivity index (χ2n) is 5.70. The third-order valence-corrected chi connectivity index (χ3v) is 3.82. The van der Waals surface area contributed by atoms with Gasteiger partial charge in [-0.05, 0) is 51.0 Å². The van der Waals surface area contributed by atoms with E-state index in [1.54, 1.807) is 0 Å². The lowest BCUT2D eigenvalue weighted by atomic mass is 9.89. The summed E-state index contributed by atoms with van der Waals surface area (Å²) in [5.74, 6) is 0.885. The average molecular weight is 225 g/mol. The molecule has 2 rings (SSSR count). The van der Waals surface area contributed by atoms with Crippen molar-refractivity contribution in [1.82, 2.24) is 5.32 Å². The Morgan fingerprint density at radius 2 is 2.00 bits per heavy atom. The van der Waals surface area contributed by atoms with E-state index >= 15 is 0 Å². The summed E-state index contributed by atoms with van der Waals surface area (Å²) < 4.78 is 5.95. The number of nitrogens with one attached hydrogen (secondary N) is 1. The predicted molar refractivity (Wildman–Crippen MR) is 67.6 cm³/mol. The van der Waals surface area contributed by atoms with Crippen molar-refractivity contribution in [1.29, 1.82) is 0 Å². The minimum atomic E-state index is 0.570. The van der Waals surface area contributed by atoms with Crippen LogP contribution in [-0.2, 0) is 4.74 Å². The van der Waals surface area contributed by atoms with Gasteiger partial charge >= 0.3 is 0 Å². The zero-order valence-electron chi connectivity index (χ0n) is 10.7. The average Bonchev–Trinajstić information content (AvgIpc) is 3.07. The molecule has 2 nitrogen and oxygen atoms in total. The van der Waals surface area contributed by atoms with Gasteiger partial charge in [-0.15, -0.1) is 0 Å². The molecule has 0 aromatic heterocycles. The molecule has 2 aliphatic carbocycles. The van der Waals surface area contributed by atoms with E-state index < -0.39 is 0 Å². The molecule has 16 heavy (non-hydrogen) atoms. The Labute approximate surface area is 100 Å². The highest BCUT2D eigenvalue weighted by Gasteiger charge is 2.20. The molecule has 2 heteroatoms. The summed E-state index contributed by atoms with van der Waals surface area (Å²) in [6, 6.07) is 0.861. The molecule has 2 atom stereocenters. The first kappa shape index (κ1) is 12.4. The van der Waals surface area contributed by atoms with Gasteiger partial charge in [-0.3, -0.25) is 0 Å². The molecule has 0 aromatic carbocycles. The Morgan fingerprint density at radius 3 is 2.75 bits per heavy atom. The highest BCUT2D eigenvalue weighted by molar-refractivity contribution is 4.80. The molecule has 0 bridgehead atoms. The number of hydrogen-bond acceptors (Lipinski definition) is 2. The van der Waals surface area contributed by atoms with Crippen LogP contribution in [0.15, 0.2) is 0 Å². The highest BCUT2D eigenvalue weighted by Crippen LogP contribution is 2.25. The van der Waals surface area contributed by atoms with Crippen LogP contribution in [0.3, 0.4) is 0 Å². The molecule has 0 aliphatic heterocycles. The smallest absolute Gasteiger partial charge is 0.0577 e. The summed E-state index contributed by atoms with van der Waals surface area (Å²) in [5, 5.41) is 3.55. The Bertz CT molecular complexity index is 191. The van der Waals surface area contributed by atoms with Gasteiger partial charge in [0.05, 0.1) is 6.10 Å². The third-order valence-electron chi connectivity index (χ3n) is 3.82. The zero-order chi connectivity index (χ0) is 11.2. The molecule has 0 amide bonds. The van der Waals surface area contributed by atoms with Crippen LogP contribution in [0.5, 0.6) is 0 Å². The summed E-state index contributed by atoms with van der Waals surface area (Å²) in [4.78, 5) is 0. The molecular weight excluding hydrogens is 198 g/mol. The topological polar surface area (TPSA) is 21.3 Å². The largest absolute Gasteiger partial charge is 0.378 e. The molecule has 0 heterocycles. The highest BCUT2D eigenvalue weighted by atomic mass is 16.5. The molecule has 0 radical (unpaired) electrons. The lowest BCUT2D eigenvalue weighted by Crippen LogP contribution is -2.22. The van der Waals surface area contributed by atoms with E-state index in [1.165, 1.54) is 57.9 Å². The van der Waals surface area contributed by atoms with Crippen LogP contribution in [0.1, 0.15) is 58.3 Å². The summed E-state index contributed by atoms with van der Waals surface area (Å²) in [7, 11) is 0. The van der Waals surface area contributed by atoms with Crippen molar-refractivity contribution in [2.45, 2.75) is 70.4 Å². The summed E-state index contributed by atoms with van der Waals surface area (Å²) >= 11 is 0. The summed E-state index contributed by atoms with van der Waals surface area (Å²) in [5.41, 5.74) is 0. The molecule has 2 aliphatic rings. The van der Waals surface area contributed by atoms with E-state index in [-0.39, 0.29) is 0 Å². The Morgan fingerprint density at radius 1 is 1.12 bits per heavy atom. The maximum atomic E-state index is 5.95. The number of unbranched alkanes of at least 4 members (excludes halogenated alkanes) is 1. The van der Waals surface area contributed by atoms with E-state index in [1.807, 2.05) is 0 Å². The molecule has 2 unspecified atom stereocenters. The summed E-state index contributed by atoms with van der Waals surface area (Å²) in [6.07, 6.45) is 11.2. The van der Waals surface area contributed by atoms with Gasteiger partial charge in [0.1, 0.15) is 0 Å². The van der Waals surface area contributed by atoms with Crippen molar-refractivity contribution >= 4 is 0 Å². The van der Waals surface area contributed by atoms with Crippen molar-refractivity contribution in [2.75, 3.05) is 13.2 Å². The van der Waals surface area contributed by atoms with Crippen LogP contribution in [0, 0.1) is 5.92 Å². The first-order chi connectivity index (χ1) is 7.84. The van der Waals surface area contributed by atoms with Crippen molar-refractivity contribution < 1.29 is 4.74 Å². The van der Waals surface area contributed by atoms with Gasteiger partial charge in [0.25, 0.3) is 0 Å². The quantitative estimate of drug-likeness (QED) is 0.672. The SMILES string of the molecule is CC1CCCC(OCCCCNC2CC2)C1. The Kier molecular flexibility index (Phi) is 5.11. The fourth-order valence-electron chi connectivity index (χ4n) is 2.60. The second-order valence-corrected chi connectivity index (χ2v) is 5.70. The maximum Gasteiger partial charge on any atom is 0.0577 e. The Balaban J connectivity index is 1.41. The van der Waals surface area contributed by atoms with Gasteiger partial charge in [-0.1, -0.05) is 19.8 Å². The molecular formula is C14H27NO. The van der Waals surface area contributed by atoms with Crippen molar-refractivity contribution in [2.24, 2.45) is 5.92 Å². The van der Waals surface area contributed by atoms with Crippen molar-refractivity contribution in [3.05, 3.63) is 0 Å². The molecule has 2 saturated carbocycles. The van der Waals surface area contributed by atoms with Gasteiger partial charge in [0.15, 0.2) is 0 Å². The van der Waals surface area contributed by atoms with E-state index in [0.717, 1.165) is 18.6 Å². The molecule has 0 saturated heterocycles. The number of rotatable bonds is 7. The molecule has 1 N–H and O–H groups in total. The van der Waals surface area contributed by atoms with Gasteiger partial charge in [-0.2, -0.15) is 0 Å². The standard InChI is InChI=1S/C14H27NO/c1-12-5-4-6-14(11-12)16-10-3-2-9-15-13-7-8-13/h12-15H,2-11H2,1H3. The minimum Gasteiger partial charge on any atom is -0.378 e. The van der Waals surface area contributed by atoms with Crippen LogP contribution >= 0.6 is 0 Å². The number of ether oxygens (including phenoxy) is 1. The Hall–Kier alpha value is -0.0800. The fraction of sp³-hybridized carbons (Fsp3) is 1.00. The van der Waals surface area contributed by atoms with Crippen molar-refractivity contribution in [3.8, 4) is 0 Å². The molecule has 0 aromatic rings. The minimum absolute atomic E-state index is 0.570. The first-order valence-corrected chi connectivity index (χ1v) is 7.19. The van der Waals surface area contributed by atoms with E-state index in [0.29, 0.717) is 6.10 Å². The summed E-state index contributed by atoms with van der Waals surface area (Å²) in [6.45, 7) is 4.52. The van der Waals surface area contributed by atoms with Crippen molar-refractivity contribution in [3.63, 3.8) is 0 Å². The first-order valence-electron chi connectivity index (χ1n) is 7.19. The normalized spacial score (nSPS) is 30.6. The predicted octanol–water partition coefficient (Wildman–Crippen LogP) is 3.11. The zero-order valence-corrected chi connectivity index (χ0v) is 10.7. The van der Waals surface area contributed by atoms with Gasteiger partial charge in [-0.25, -0.2) is 0 Å². The van der Waals surface area contributed by atoms with Crippen LogP contribution in [0.4, 0.5) is 0 Å². The second kappa shape index (κ2) is 6.61. The van der Waals surface area contributed by atoms with Crippen LogP contribution in [0.2, 0.25) is 0 Å². The monoisotopic (exact) mass is 225 g/mol. The van der Waals surface area contributed by atoms with Gasteiger partial charge in [0, 0.05) is 12.6 Å². The third kappa shape index (κ3) is 4.84. The van der Waals surface area contributed by atoms with E-state index in [9.17, 15) is 0 Å². The van der Waals surface area contributed by atoms with E-state index in [2.05, 4.69) is 12.2 Å². The van der Waals surface area contributed by atoms with Gasteiger partial charge in [0.2, 0.25) is 0 Å². The van der Waals surface area contributed by atoms with Gasteiger partial charge < -0.3 is 10.1 Å². The fourth-order valence-corrected chi connectivity index (χ4v) is 2.60. The molecule has 94 valence electrons. The van der Waals surface area contributed by atoms with Crippen LogP contribution in [0.25, 0.3) is 0 Å². The molecule has 0 spiro atoms. The van der Waals surface area contributed by atoms with Crippen LogP contribution in [-0.4, -0.2) is 25.3 Å². The van der Waals surface area contributed by atoms with E-state index in [4.69, 9.17) is 4.74 Å². The maximum absolute atomic E-state index is 5.95.